The van der Waals surface area contributed by atoms with E-state index in [0.717, 1.165) is 0 Å². The summed E-state index contributed by atoms with van der Waals surface area (Å²) in [6.07, 6.45) is 2.87. The first-order valence-electron chi connectivity index (χ1n) is 5.24. The van der Waals surface area contributed by atoms with Gasteiger partial charge in [-0.05, 0) is 18.2 Å². The molecule has 0 aliphatic carbocycles. The van der Waals surface area contributed by atoms with E-state index in [2.05, 4.69) is 4.99 Å². The number of nitrogens with zero attached hydrogens (tertiary/aromatic N) is 3. The van der Waals surface area contributed by atoms with Crippen LogP contribution in [0.2, 0.25) is 0 Å². The van der Waals surface area contributed by atoms with E-state index < -0.39 is 0 Å². The van der Waals surface area contributed by atoms with Gasteiger partial charge in [-0.15, -0.1) is 0 Å². The Labute approximate surface area is 102 Å². The van der Waals surface area contributed by atoms with Gasteiger partial charge in [-0.2, -0.15) is 5.26 Å². The maximum Gasteiger partial charge on any atom is 0.279 e. The van der Waals surface area contributed by atoms with Crippen molar-refractivity contribution in [3.8, 4) is 17.6 Å². The molecule has 0 radical (unpaired) electrons. The Morgan fingerprint density at radius 2 is 2.22 bits per heavy atom. The van der Waals surface area contributed by atoms with Crippen LogP contribution >= 0.6 is 0 Å². The van der Waals surface area contributed by atoms with Gasteiger partial charge in [0.2, 0.25) is 5.88 Å². The number of carbonyl (C=O) groups excluding carboxylic acids is 1. The second kappa shape index (κ2) is 3.57. The molecule has 0 spiro atoms. The zero-order chi connectivity index (χ0) is 12.7. The van der Waals surface area contributed by atoms with Gasteiger partial charge in [0.1, 0.15) is 0 Å². The van der Waals surface area contributed by atoms with Crippen LogP contribution in [0.15, 0.2) is 35.5 Å². The lowest BCUT2D eigenvalue weighted by Crippen LogP contribution is -1.94. The van der Waals surface area contributed by atoms with Crippen molar-refractivity contribution in [2.24, 2.45) is 4.99 Å². The highest BCUT2D eigenvalue weighted by molar-refractivity contribution is 6.14. The fourth-order valence-electron chi connectivity index (χ4n) is 1.92. The first-order valence-corrected chi connectivity index (χ1v) is 5.24. The summed E-state index contributed by atoms with van der Waals surface area (Å²) in [6.45, 7) is 0. The van der Waals surface area contributed by atoms with Crippen molar-refractivity contribution in [3.05, 3.63) is 47.2 Å². The first kappa shape index (κ1) is 10.3. The number of amides is 1. The SMILES string of the molecule is N#Cc1cccc(-n2cc3c(c2O)C=NC3=O)c1. The van der Waals surface area contributed by atoms with Gasteiger partial charge < -0.3 is 5.11 Å². The number of aromatic hydroxyl groups is 1. The standard InChI is InChI=1S/C13H7N3O2/c14-5-8-2-1-3-9(4-8)16-7-11-10(13(16)18)6-15-12(11)17/h1-4,6-7,18H. The number of carbonyl (C=O) groups is 1. The largest absolute Gasteiger partial charge is 0.494 e. The van der Waals surface area contributed by atoms with E-state index in [0.29, 0.717) is 22.4 Å². The minimum absolute atomic E-state index is 0.0466. The Kier molecular flexibility index (Phi) is 2.04. The van der Waals surface area contributed by atoms with Crippen molar-refractivity contribution in [3.63, 3.8) is 0 Å². The lowest BCUT2D eigenvalue weighted by molar-refractivity contribution is 0.101. The molecule has 0 bridgehead atoms. The average molecular weight is 237 g/mol. The summed E-state index contributed by atoms with van der Waals surface area (Å²) in [6, 6.07) is 8.80. The van der Waals surface area contributed by atoms with Crippen LogP contribution in [-0.2, 0) is 0 Å². The van der Waals surface area contributed by atoms with Crippen LogP contribution in [0.4, 0.5) is 0 Å². The highest BCUT2D eigenvalue weighted by Crippen LogP contribution is 2.29. The number of benzene rings is 1. The van der Waals surface area contributed by atoms with Gasteiger partial charge >= 0.3 is 0 Å². The Morgan fingerprint density at radius 1 is 1.39 bits per heavy atom. The van der Waals surface area contributed by atoms with Crippen LogP contribution in [0.25, 0.3) is 5.69 Å². The van der Waals surface area contributed by atoms with E-state index in [4.69, 9.17) is 5.26 Å². The Bertz CT molecular complexity index is 735. The molecule has 2 aromatic rings. The summed E-state index contributed by atoms with van der Waals surface area (Å²) in [5.74, 6) is -0.412. The molecule has 3 rings (SSSR count). The minimum Gasteiger partial charge on any atom is -0.494 e. The maximum atomic E-state index is 11.4. The summed E-state index contributed by atoms with van der Waals surface area (Å²) in [7, 11) is 0. The summed E-state index contributed by atoms with van der Waals surface area (Å²) in [5, 5.41) is 18.9. The molecule has 5 heteroatoms. The minimum atomic E-state index is -0.365. The number of nitriles is 1. The zero-order valence-electron chi connectivity index (χ0n) is 9.16. The maximum absolute atomic E-state index is 11.4. The van der Waals surface area contributed by atoms with Gasteiger partial charge in [0, 0.05) is 18.1 Å². The van der Waals surface area contributed by atoms with Crippen molar-refractivity contribution in [2.45, 2.75) is 0 Å². The molecular weight excluding hydrogens is 230 g/mol. The molecule has 1 amide bonds. The predicted octanol–water partition coefficient (Wildman–Crippen LogP) is 1.63. The summed E-state index contributed by atoms with van der Waals surface area (Å²) >= 11 is 0. The fourth-order valence-corrected chi connectivity index (χ4v) is 1.92. The number of aliphatic imine (C=N–C) groups is 1. The average Bonchev–Trinajstić information content (AvgIpc) is 2.92. The van der Waals surface area contributed by atoms with Gasteiger partial charge in [-0.3, -0.25) is 9.36 Å². The quantitative estimate of drug-likeness (QED) is 0.818. The van der Waals surface area contributed by atoms with Crippen LogP contribution in [0.3, 0.4) is 0 Å². The molecule has 5 nitrogen and oxygen atoms in total. The zero-order valence-corrected chi connectivity index (χ0v) is 9.16. The van der Waals surface area contributed by atoms with Gasteiger partial charge in [0.25, 0.3) is 5.91 Å². The number of hydrogen-bond acceptors (Lipinski definition) is 3. The van der Waals surface area contributed by atoms with Crippen molar-refractivity contribution in [1.29, 1.82) is 5.26 Å². The second-order valence-electron chi connectivity index (χ2n) is 3.88. The Morgan fingerprint density at radius 3 is 2.94 bits per heavy atom. The smallest absolute Gasteiger partial charge is 0.279 e. The molecule has 1 aromatic heterocycles. The van der Waals surface area contributed by atoms with Crippen molar-refractivity contribution >= 4 is 12.1 Å². The van der Waals surface area contributed by atoms with Crippen molar-refractivity contribution in [2.75, 3.05) is 0 Å². The van der Waals surface area contributed by atoms with Crippen LogP contribution in [0.1, 0.15) is 21.5 Å². The van der Waals surface area contributed by atoms with Gasteiger partial charge in [0.15, 0.2) is 0 Å². The molecule has 1 aliphatic rings. The third kappa shape index (κ3) is 1.33. The van der Waals surface area contributed by atoms with E-state index >= 15 is 0 Å². The lowest BCUT2D eigenvalue weighted by atomic mass is 10.2. The molecule has 0 atom stereocenters. The van der Waals surface area contributed by atoms with E-state index in [1.807, 2.05) is 6.07 Å². The van der Waals surface area contributed by atoms with Crippen LogP contribution in [0, 0.1) is 11.3 Å². The van der Waals surface area contributed by atoms with E-state index in [-0.39, 0.29) is 11.8 Å². The topological polar surface area (TPSA) is 78.4 Å². The number of hydrogen-bond donors (Lipinski definition) is 1. The normalized spacial score (nSPS) is 12.5. The van der Waals surface area contributed by atoms with Crippen LogP contribution < -0.4 is 0 Å². The van der Waals surface area contributed by atoms with Gasteiger partial charge in [-0.25, -0.2) is 4.99 Å². The monoisotopic (exact) mass is 237 g/mol. The van der Waals surface area contributed by atoms with Crippen molar-refractivity contribution in [1.82, 2.24) is 4.57 Å². The van der Waals surface area contributed by atoms with Crippen molar-refractivity contribution < 1.29 is 9.90 Å². The predicted molar refractivity (Wildman–Crippen MR) is 64.1 cm³/mol. The molecule has 0 saturated carbocycles. The summed E-state index contributed by atoms with van der Waals surface area (Å²) < 4.78 is 1.47. The molecule has 2 heterocycles. The van der Waals surface area contributed by atoms with E-state index in [9.17, 15) is 9.90 Å². The molecule has 0 fully saturated rings. The molecule has 18 heavy (non-hydrogen) atoms. The highest BCUT2D eigenvalue weighted by atomic mass is 16.3. The summed E-state index contributed by atoms with van der Waals surface area (Å²) in [5.41, 5.74) is 1.90. The molecule has 86 valence electrons. The number of fused-ring (bicyclic) bond motifs is 1. The highest BCUT2D eigenvalue weighted by Gasteiger charge is 2.24. The Balaban J connectivity index is 2.19. The third-order valence-electron chi connectivity index (χ3n) is 2.81. The van der Waals surface area contributed by atoms with Crippen LogP contribution in [0.5, 0.6) is 5.88 Å². The Hall–Kier alpha value is -2.87. The fraction of sp³-hybridized carbons (Fsp3) is 0. The molecule has 1 aliphatic heterocycles. The lowest BCUT2D eigenvalue weighted by Gasteiger charge is -2.05. The second-order valence-corrected chi connectivity index (χ2v) is 3.88. The molecule has 0 saturated heterocycles. The third-order valence-corrected chi connectivity index (χ3v) is 2.81. The molecule has 1 aromatic carbocycles. The molecule has 0 unspecified atom stereocenters. The van der Waals surface area contributed by atoms with E-state index in [1.54, 1.807) is 24.3 Å². The molecule has 1 N–H and O–H groups in total. The number of aromatic nitrogens is 1. The van der Waals surface area contributed by atoms with E-state index in [1.165, 1.54) is 17.0 Å². The van der Waals surface area contributed by atoms with Gasteiger partial charge in [0.05, 0.1) is 22.8 Å². The summed E-state index contributed by atoms with van der Waals surface area (Å²) in [4.78, 5) is 15.0. The van der Waals surface area contributed by atoms with Gasteiger partial charge in [-0.1, -0.05) is 6.07 Å². The first-order chi connectivity index (χ1) is 8.70. The van der Waals surface area contributed by atoms with Crippen LogP contribution in [-0.4, -0.2) is 21.8 Å². The molecular formula is C13H7N3O2. The number of rotatable bonds is 1.